The minimum absolute atomic E-state index is 0.182. The number of hydrogen-bond acceptors (Lipinski definition) is 5. The molecule has 3 rings (SSSR count). The number of anilines is 1. The molecule has 1 N–H and O–H groups in total. The average Bonchev–Trinajstić information content (AvgIpc) is 3.18. The molecular formula is C19H18ClN3O3S. The van der Waals surface area contributed by atoms with Crippen LogP contribution in [0.3, 0.4) is 0 Å². The third-order valence-electron chi connectivity index (χ3n) is 3.85. The summed E-state index contributed by atoms with van der Waals surface area (Å²) in [5.74, 6) is 0.354. The first-order valence-corrected chi connectivity index (χ1v) is 9.58. The molecule has 0 fully saturated rings. The lowest BCUT2D eigenvalue weighted by Gasteiger charge is -2.11. The van der Waals surface area contributed by atoms with E-state index >= 15 is 0 Å². The number of methoxy groups -OCH3 is 1. The lowest BCUT2D eigenvalue weighted by Crippen LogP contribution is -2.23. The number of aryl methyl sites for hydroxylation is 1. The van der Waals surface area contributed by atoms with E-state index in [1.54, 1.807) is 35.6 Å². The maximum absolute atomic E-state index is 12.2. The van der Waals surface area contributed by atoms with Gasteiger partial charge in [-0.3, -0.25) is 9.59 Å². The molecule has 0 aliphatic heterocycles. The number of rotatable bonds is 7. The molecule has 27 heavy (non-hydrogen) atoms. The molecule has 0 saturated carbocycles. The second-order valence-corrected chi connectivity index (χ2v) is 7.14. The molecule has 3 aromatic rings. The Morgan fingerprint density at radius 1 is 1.30 bits per heavy atom. The van der Waals surface area contributed by atoms with Crippen molar-refractivity contribution in [2.45, 2.75) is 19.4 Å². The monoisotopic (exact) mass is 403 g/mol. The standard InChI is InChI=1S/C19H18ClN3O3S/c1-26-16-8-6-13(20)12-15(16)21-18(24)5-2-10-23-19(25)9-7-14(22-23)17-4-3-11-27-17/h3-4,6-9,11-12H,2,5,10H2,1H3,(H,21,24). The van der Waals surface area contributed by atoms with Gasteiger partial charge >= 0.3 is 0 Å². The molecule has 2 aromatic heterocycles. The summed E-state index contributed by atoms with van der Waals surface area (Å²) in [5, 5.41) is 9.63. The average molecular weight is 404 g/mol. The van der Waals surface area contributed by atoms with Gasteiger partial charge in [-0.15, -0.1) is 11.3 Å². The second-order valence-electron chi connectivity index (χ2n) is 5.75. The van der Waals surface area contributed by atoms with E-state index in [4.69, 9.17) is 16.3 Å². The largest absolute Gasteiger partial charge is 0.495 e. The molecule has 140 valence electrons. The number of ether oxygens (including phenoxy) is 1. The summed E-state index contributed by atoms with van der Waals surface area (Å²) < 4.78 is 6.60. The van der Waals surface area contributed by atoms with Gasteiger partial charge in [-0.25, -0.2) is 4.68 Å². The number of aromatic nitrogens is 2. The Morgan fingerprint density at radius 2 is 2.15 bits per heavy atom. The number of benzene rings is 1. The fourth-order valence-corrected chi connectivity index (χ4v) is 3.41. The van der Waals surface area contributed by atoms with Gasteiger partial charge < -0.3 is 10.1 Å². The predicted molar refractivity (Wildman–Crippen MR) is 108 cm³/mol. The van der Waals surface area contributed by atoms with Crippen LogP contribution >= 0.6 is 22.9 Å². The number of thiophene rings is 1. The summed E-state index contributed by atoms with van der Waals surface area (Å²) in [5.41, 5.74) is 1.08. The molecule has 6 nitrogen and oxygen atoms in total. The Bertz CT molecular complexity index is 986. The van der Waals surface area contributed by atoms with Crippen molar-refractivity contribution >= 4 is 34.5 Å². The Kier molecular flexibility index (Phi) is 6.26. The zero-order valence-corrected chi connectivity index (χ0v) is 16.2. The molecular weight excluding hydrogens is 386 g/mol. The van der Waals surface area contributed by atoms with Crippen molar-refractivity contribution in [3.63, 3.8) is 0 Å². The molecule has 0 saturated heterocycles. The summed E-state index contributed by atoms with van der Waals surface area (Å²) in [6, 6.07) is 12.1. The van der Waals surface area contributed by atoms with Crippen LogP contribution in [0, 0.1) is 0 Å². The van der Waals surface area contributed by atoms with Gasteiger partial charge in [0.15, 0.2) is 0 Å². The van der Waals surface area contributed by atoms with Crippen LogP contribution in [-0.2, 0) is 11.3 Å². The molecule has 2 heterocycles. The first-order valence-electron chi connectivity index (χ1n) is 8.32. The molecule has 0 aliphatic rings. The highest BCUT2D eigenvalue weighted by molar-refractivity contribution is 7.13. The van der Waals surface area contributed by atoms with Crippen LogP contribution in [0.1, 0.15) is 12.8 Å². The predicted octanol–water partition coefficient (Wildman–Crippen LogP) is 4.05. The van der Waals surface area contributed by atoms with E-state index < -0.39 is 0 Å². The molecule has 0 unspecified atom stereocenters. The van der Waals surface area contributed by atoms with Crippen LogP contribution in [0.4, 0.5) is 5.69 Å². The van der Waals surface area contributed by atoms with Crippen molar-refractivity contribution in [1.82, 2.24) is 9.78 Å². The zero-order valence-electron chi connectivity index (χ0n) is 14.6. The number of nitrogens with one attached hydrogen (secondary N) is 1. The minimum atomic E-state index is -0.188. The quantitative estimate of drug-likeness (QED) is 0.645. The summed E-state index contributed by atoms with van der Waals surface area (Å²) in [6.07, 6.45) is 0.725. The first-order chi connectivity index (χ1) is 13.1. The smallest absolute Gasteiger partial charge is 0.266 e. The van der Waals surface area contributed by atoms with Gasteiger partial charge in [0, 0.05) is 24.1 Å². The van der Waals surface area contributed by atoms with Crippen LogP contribution in [0.25, 0.3) is 10.6 Å². The molecule has 0 aliphatic carbocycles. The maximum atomic E-state index is 12.2. The number of hydrogen-bond donors (Lipinski definition) is 1. The molecule has 1 aromatic carbocycles. The van der Waals surface area contributed by atoms with Gasteiger partial charge in [0.2, 0.25) is 5.91 Å². The van der Waals surface area contributed by atoms with Crippen molar-refractivity contribution in [2.75, 3.05) is 12.4 Å². The van der Waals surface area contributed by atoms with Crippen LogP contribution in [0.15, 0.2) is 52.6 Å². The van der Waals surface area contributed by atoms with Crippen LogP contribution in [-0.4, -0.2) is 22.8 Å². The highest BCUT2D eigenvalue weighted by Gasteiger charge is 2.09. The van der Waals surface area contributed by atoms with Crippen molar-refractivity contribution < 1.29 is 9.53 Å². The molecule has 0 bridgehead atoms. The molecule has 0 radical (unpaired) electrons. The molecule has 0 atom stereocenters. The molecule has 8 heteroatoms. The lowest BCUT2D eigenvalue weighted by molar-refractivity contribution is -0.116. The number of nitrogens with zero attached hydrogens (tertiary/aromatic N) is 2. The topological polar surface area (TPSA) is 73.2 Å². The van der Waals surface area contributed by atoms with Crippen molar-refractivity contribution in [3.8, 4) is 16.3 Å². The van der Waals surface area contributed by atoms with Crippen molar-refractivity contribution in [1.29, 1.82) is 0 Å². The van der Waals surface area contributed by atoms with E-state index in [2.05, 4.69) is 10.4 Å². The first kappa shape index (κ1) is 19.1. The zero-order chi connectivity index (χ0) is 19.2. The highest BCUT2D eigenvalue weighted by atomic mass is 35.5. The maximum Gasteiger partial charge on any atom is 0.266 e. The SMILES string of the molecule is COc1ccc(Cl)cc1NC(=O)CCCn1nc(-c2cccs2)ccc1=O. The number of carbonyl (C=O) groups excluding carboxylic acids is 1. The van der Waals surface area contributed by atoms with E-state index in [-0.39, 0.29) is 17.9 Å². The lowest BCUT2D eigenvalue weighted by atomic mass is 10.2. The highest BCUT2D eigenvalue weighted by Crippen LogP contribution is 2.27. The number of amides is 1. The number of carbonyl (C=O) groups is 1. The molecule has 0 spiro atoms. The summed E-state index contributed by atoms with van der Waals surface area (Å²) in [7, 11) is 1.53. The Hall–Kier alpha value is -2.64. The van der Waals surface area contributed by atoms with Gasteiger partial charge in [0.1, 0.15) is 11.4 Å². The van der Waals surface area contributed by atoms with Crippen LogP contribution < -0.4 is 15.6 Å². The van der Waals surface area contributed by atoms with Crippen molar-refractivity contribution in [3.05, 3.63) is 63.2 Å². The van der Waals surface area contributed by atoms with Crippen molar-refractivity contribution in [2.24, 2.45) is 0 Å². The Labute approximate surface area is 165 Å². The summed E-state index contributed by atoms with van der Waals surface area (Å²) in [4.78, 5) is 25.2. The summed E-state index contributed by atoms with van der Waals surface area (Å²) in [6.45, 7) is 0.359. The third-order valence-corrected chi connectivity index (χ3v) is 4.98. The molecule has 1 amide bonds. The van der Waals surface area contributed by atoms with Crippen LogP contribution in [0.5, 0.6) is 5.75 Å². The Morgan fingerprint density at radius 3 is 2.89 bits per heavy atom. The van der Waals surface area contributed by atoms with E-state index in [1.807, 2.05) is 17.5 Å². The normalized spacial score (nSPS) is 10.6. The van der Waals surface area contributed by atoms with Gasteiger partial charge in [-0.1, -0.05) is 17.7 Å². The second kappa shape index (κ2) is 8.83. The fraction of sp³-hybridized carbons (Fsp3) is 0.211. The van der Waals surface area contributed by atoms with Crippen LogP contribution in [0.2, 0.25) is 5.02 Å². The third kappa shape index (κ3) is 4.96. The van der Waals surface area contributed by atoms with E-state index in [9.17, 15) is 9.59 Å². The van der Waals surface area contributed by atoms with E-state index in [0.717, 1.165) is 10.6 Å². The summed E-state index contributed by atoms with van der Waals surface area (Å²) >= 11 is 7.52. The van der Waals surface area contributed by atoms with Gasteiger partial charge in [-0.2, -0.15) is 5.10 Å². The Balaban J connectivity index is 1.60. The fourth-order valence-electron chi connectivity index (χ4n) is 2.54. The van der Waals surface area contributed by atoms with E-state index in [0.29, 0.717) is 29.4 Å². The van der Waals surface area contributed by atoms with E-state index in [1.165, 1.54) is 17.9 Å². The van der Waals surface area contributed by atoms with Gasteiger partial charge in [-0.05, 0) is 42.1 Å². The minimum Gasteiger partial charge on any atom is -0.495 e. The van der Waals surface area contributed by atoms with Gasteiger partial charge in [0.25, 0.3) is 5.56 Å². The van der Waals surface area contributed by atoms with Gasteiger partial charge in [0.05, 0.1) is 17.7 Å². The number of halogens is 1.